The van der Waals surface area contributed by atoms with Gasteiger partial charge in [0.2, 0.25) is 0 Å². The van der Waals surface area contributed by atoms with E-state index < -0.39 is 0 Å². The van der Waals surface area contributed by atoms with Gasteiger partial charge in [-0.3, -0.25) is 10.7 Å². The van der Waals surface area contributed by atoms with E-state index in [-0.39, 0.29) is 5.92 Å². The molecule has 0 spiro atoms. The molecule has 0 bridgehead atoms. The summed E-state index contributed by atoms with van der Waals surface area (Å²) in [6.07, 6.45) is 6.84. The number of allylic oxidation sites excluding steroid dienone is 3. The Labute approximate surface area is 115 Å². The van der Waals surface area contributed by atoms with E-state index in [1.54, 1.807) is 7.11 Å². The molecule has 3 nitrogen and oxygen atoms in total. The third-order valence-electron chi connectivity index (χ3n) is 3.05. The molecule has 0 saturated carbocycles. The lowest BCUT2D eigenvalue weighted by Crippen LogP contribution is -2.10. The van der Waals surface area contributed by atoms with Crippen LogP contribution in [0.5, 0.6) is 5.75 Å². The molecular formula is C14H16BrNO2. The molecule has 0 saturated heterocycles. The topological polar surface area (TPSA) is 41.5 Å². The summed E-state index contributed by atoms with van der Waals surface area (Å²) in [5.74, 6) is 1.10. The molecule has 2 N–H and O–H groups in total. The normalized spacial score (nSPS) is 18.4. The van der Waals surface area contributed by atoms with E-state index in [2.05, 4.69) is 27.5 Å². The second kappa shape index (κ2) is 6.07. The average molecular weight is 310 g/mol. The van der Waals surface area contributed by atoms with Crippen molar-refractivity contribution in [2.75, 3.05) is 7.11 Å². The van der Waals surface area contributed by atoms with Crippen molar-refractivity contribution in [2.24, 2.45) is 0 Å². The van der Waals surface area contributed by atoms with E-state index in [1.165, 1.54) is 5.56 Å². The summed E-state index contributed by atoms with van der Waals surface area (Å²) in [5, 5.41) is 9.80. The molecule has 1 atom stereocenters. The Kier molecular flexibility index (Phi) is 4.44. The first-order chi connectivity index (χ1) is 8.78. The first-order valence-electron chi connectivity index (χ1n) is 5.79. The van der Waals surface area contributed by atoms with Crippen LogP contribution in [-0.2, 0) is 5.33 Å². The molecule has 18 heavy (non-hydrogen) atoms. The van der Waals surface area contributed by atoms with Crippen molar-refractivity contribution in [2.45, 2.75) is 17.7 Å². The second-order valence-electron chi connectivity index (χ2n) is 4.19. The molecule has 1 aromatic carbocycles. The Bertz CT molecular complexity index is 483. The predicted octanol–water partition coefficient (Wildman–Crippen LogP) is 3.50. The molecule has 96 valence electrons. The number of benzene rings is 1. The summed E-state index contributed by atoms with van der Waals surface area (Å²) in [4.78, 5) is 0. The summed E-state index contributed by atoms with van der Waals surface area (Å²) < 4.78 is 5.42. The number of ether oxygens (including phenoxy) is 1. The SMILES string of the molecule is COc1ccc(CBr)cc1C1C=C(NO)C=CC1. The summed E-state index contributed by atoms with van der Waals surface area (Å²) in [7, 11) is 1.68. The van der Waals surface area contributed by atoms with Gasteiger partial charge in [-0.1, -0.05) is 40.2 Å². The van der Waals surface area contributed by atoms with Crippen LogP contribution in [0, 0.1) is 0 Å². The Hall–Kier alpha value is -1.26. The van der Waals surface area contributed by atoms with Crippen LogP contribution < -0.4 is 10.2 Å². The first kappa shape index (κ1) is 13.2. The fraction of sp³-hybridized carbons (Fsp3) is 0.286. The maximum atomic E-state index is 8.97. The highest BCUT2D eigenvalue weighted by atomic mass is 79.9. The van der Waals surface area contributed by atoms with E-state index in [0.717, 1.165) is 28.8 Å². The van der Waals surface area contributed by atoms with E-state index in [1.807, 2.05) is 30.4 Å². The summed E-state index contributed by atoms with van der Waals surface area (Å²) in [6.45, 7) is 0. The Morgan fingerprint density at radius 1 is 1.50 bits per heavy atom. The molecule has 0 aliphatic heterocycles. The molecule has 0 fully saturated rings. The molecule has 0 amide bonds. The molecule has 4 heteroatoms. The Morgan fingerprint density at radius 2 is 2.33 bits per heavy atom. The maximum Gasteiger partial charge on any atom is 0.122 e. The van der Waals surface area contributed by atoms with Crippen LogP contribution in [0.3, 0.4) is 0 Å². The minimum absolute atomic E-state index is 0.221. The monoisotopic (exact) mass is 309 g/mol. The van der Waals surface area contributed by atoms with Gasteiger partial charge < -0.3 is 4.74 Å². The van der Waals surface area contributed by atoms with Crippen molar-refractivity contribution in [1.82, 2.24) is 5.48 Å². The number of alkyl halides is 1. The zero-order valence-corrected chi connectivity index (χ0v) is 11.8. The number of methoxy groups -OCH3 is 1. The smallest absolute Gasteiger partial charge is 0.122 e. The molecule has 1 aromatic rings. The van der Waals surface area contributed by atoms with Crippen molar-refractivity contribution in [3.63, 3.8) is 0 Å². The highest BCUT2D eigenvalue weighted by Crippen LogP contribution is 2.34. The van der Waals surface area contributed by atoms with Crippen molar-refractivity contribution < 1.29 is 9.94 Å². The van der Waals surface area contributed by atoms with E-state index in [4.69, 9.17) is 9.94 Å². The minimum Gasteiger partial charge on any atom is -0.496 e. The van der Waals surface area contributed by atoms with Crippen LogP contribution in [0.15, 0.2) is 42.1 Å². The van der Waals surface area contributed by atoms with E-state index in [9.17, 15) is 0 Å². The zero-order chi connectivity index (χ0) is 13.0. The van der Waals surface area contributed by atoms with Crippen LogP contribution in [0.25, 0.3) is 0 Å². The lowest BCUT2D eigenvalue weighted by Gasteiger charge is -2.19. The first-order valence-corrected chi connectivity index (χ1v) is 6.92. The van der Waals surface area contributed by atoms with Gasteiger partial charge >= 0.3 is 0 Å². The average Bonchev–Trinajstić information content (AvgIpc) is 2.46. The van der Waals surface area contributed by atoms with Gasteiger partial charge in [-0.2, -0.15) is 0 Å². The molecule has 1 aliphatic rings. The van der Waals surface area contributed by atoms with Crippen LogP contribution in [-0.4, -0.2) is 12.3 Å². The third kappa shape index (κ3) is 2.76. The van der Waals surface area contributed by atoms with Crippen molar-refractivity contribution >= 4 is 15.9 Å². The van der Waals surface area contributed by atoms with E-state index in [0.29, 0.717) is 0 Å². The summed E-state index contributed by atoms with van der Waals surface area (Å²) in [6, 6.07) is 6.18. The fourth-order valence-corrected chi connectivity index (χ4v) is 2.48. The quantitative estimate of drug-likeness (QED) is 0.661. The summed E-state index contributed by atoms with van der Waals surface area (Å²) in [5.41, 5.74) is 5.27. The van der Waals surface area contributed by atoms with Gasteiger partial charge in [-0.05, 0) is 24.1 Å². The van der Waals surface area contributed by atoms with Crippen LogP contribution in [0.4, 0.5) is 0 Å². The van der Waals surface area contributed by atoms with Crippen LogP contribution in [0.2, 0.25) is 0 Å². The molecule has 1 unspecified atom stereocenters. The van der Waals surface area contributed by atoms with Gasteiger partial charge in [0.15, 0.2) is 0 Å². The molecular weight excluding hydrogens is 294 g/mol. The standard InChI is InChI=1S/C14H16BrNO2/c1-18-14-6-5-10(9-15)7-13(14)11-3-2-4-12(8-11)16-17/h2,4-8,11,16-17H,3,9H2,1H3. The molecule has 0 radical (unpaired) electrons. The number of hydroxylamine groups is 1. The van der Waals surface area contributed by atoms with Gasteiger partial charge in [-0.25, -0.2) is 0 Å². The Morgan fingerprint density at radius 3 is 3.00 bits per heavy atom. The van der Waals surface area contributed by atoms with Gasteiger partial charge in [0.05, 0.1) is 12.8 Å². The minimum atomic E-state index is 0.221. The van der Waals surface area contributed by atoms with Gasteiger partial charge in [0, 0.05) is 16.8 Å². The third-order valence-corrected chi connectivity index (χ3v) is 3.69. The largest absolute Gasteiger partial charge is 0.496 e. The number of hydrogen-bond donors (Lipinski definition) is 2. The number of halogens is 1. The molecule has 0 heterocycles. The second-order valence-corrected chi connectivity index (χ2v) is 4.75. The summed E-state index contributed by atoms with van der Waals surface area (Å²) >= 11 is 3.47. The highest BCUT2D eigenvalue weighted by molar-refractivity contribution is 9.08. The maximum absolute atomic E-state index is 8.97. The lowest BCUT2D eigenvalue weighted by atomic mass is 9.90. The molecule has 1 aliphatic carbocycles. The van der Waals surface area contributed by atoms with Crippen molar-refractivity contribution in [3.8, 4) is 5.75 Å². The number of nitrogens with one attached hydrogen (secondary N) is 1. The van der Waals surface area contributed by atoms with Gasteiger partial charge in [-0.15, -0.1) is 0 Å². The van der Waals surface area contributed by atoms with E-state index >= 15 is 0 Å². The highest BCUT2D eigenvalue weighted by Gasteiger charge is 2.16. The van der Waals surface area contributed by atoms with Crippen LogP contribution >= 0.6 is 15.9 Å². The van der Waals surface area contributed by atoms with Crippen LogP contribution in [0.1, 0.15) is 23.5 Å². The van der Waals surface area contributed by atoms with Crippen molar-refractivity contribution in [3.05, 3.63) is 53.3 Å². The van der Waals surface area contributed by atoms with Gasteiger partial charge in [0.25, 0.3) is 0 Å². The number of rotatable bonds is 4. The lowest BCUT2D eigenvalue weighted by molar-refractivity contribution is 0.203. The zero-order valence-electron chi connectivity index (χ0n) is 10.2. The molecule has 0 aromatic heterocycles. The van der Waals surface area contributed by atoms with Gasteiger partial charge in [0.1, 0.15) is 5.75 Å². The number of hydrogen-bond acceptors (Lipinski definition) is 3. The predicted molar refractivity (Wildman–Crippen MR) is 75.1 cm³/mol. The Balaban J connectivity index is 2.37. The molecule has 2 rings (SSSR count). The fourth-order valence-electron chi connectivity index (χ4n) is 2.13. The van der Waals surface area contributed by atoms with Crippen molar-refractivity contribution in [1.29, 1.82) is 0 Å².